The fraction of sp³-hybridized carbons (Fsp3) is 0.444. The number of amides is 2. The molecule has 0 bridgehead atoms. The second-order valence-corrected chi connectivity index (χ2v) is 9.77. The highest BCUT2D eigenvalue weighted by Crippen LogP contribution is 2.63. The van der Waals surface area contributed by atoms with E-state index in [1.807, 2.05) is 24.3 Å². The Morgan fingerprint density at radius 3 is 2.34 bits per heavy atom. The molecule has 2 saturated carbocycles. The van der Waals surface area contributed by atoms with Crippen molar-refractivity contribution in [3.05, 3.63) is 59.7 Å². The molecule has 2 fully saturated rings. The van der Waals surface area contributed by atoms with E-state index in [4.69, 9.17) is 14.6 Å². The lowest BCUT2D eigenvalue weighted by Crippen LogP contribution is -2.39. The summed E-state index contributed by atoms with van der Waals surface area (Å²) in [6.07, 6.45) is 0.925. The van der Waals surface area contributed by atoms with E-state index in [9.17, 15) is 14.4 Å². The fourth-order valence-electron chi connectivity index (χ4n) is 5.93. The van der Waals surface area contributed by atoms with Crippen molar-refractivity contribution in [3.8, 4) is 11.1 Å². The Labute approximate surface area is 204 Å². The lowest BCUT2D eigenvalue weighted by atomic mass is 9.98. The Morgan fingerprint density at radius 1 is 1.06 bits per heavy atom. The maximum absolute atomic E-state index is 12.8. The summed E-state index contributed by atoms with van der Waals surface area (Å²) in [5.41, 5.74) is 4.23. The van der Waals surface area contributed by atoms with Crippen molar-refractivity contribution < 1.29 is 29.0 Å². The molecule has 0 radical (unpaired) electrons. The number of carboxylic acid groups (broad SMARTS) is 1. The lowest BCUT2D eigenvalue weighted by Gasteiger charge is -2.19. The monoisotopic (exact) mass is 478 g/mol. The second kappa shape index (κ2) is 9.34. The van der Waals surface area contributed by atoms with Crippen LogP contribution in [0.3, 0.4) is 0 Å². The highest BCUT2D eigenvalue weighted by atomic mass is 16.5. The van der Waals surface area contributed by atoms with Crippen molar-refractivity contribution >= 4 is 18.0 Å². The number of hydrogen-bond donors (Lipinski definition) is 3. The molecule has 4 atom stereocenters. The first kappa shape index (κ1) is 23.4. The number of methoxy groups -OCH3 is 1. The molecule has 3 aliphatic rings. The van der Waals surface area contributed by atoms with E-state index >= 15 is 0 Å². The highest BCUT2D eigenvalue weighted by molar-refractivity contribution is 5.87. The van der Waals surface area contributed by atoms with Gasteiger partial charge in [-0.1, -0.05) is 48.5 Å². The van der Waals surface area contributed by atoms with Crippen LogP contribution in [0.25, 0.3) is 11.1 Å². The normalized spacial score (nSPS) is 24.6. The summed E-state index contributed by atoms with van der Waals surface area (Å²) < 4.78 is 10.6. The van der Waals surface area contributed by atoms with Gasteiger partial charge in [-0.15, -0.1) is 0 Å². The molecule has 2 aromatic rings. The summed E-state index contributed by atoms with van der Waals surface area (Å²) in [5, 5.41) is 14.9. The minimum Gasteiger partial charge on any atom is -0.479 e. The number of fused-ring (bicyclic) bond motifs is 4. The number of carbonyl (C=O) groups excluding carboxylic acids is 2. The molecule has 184 valence electrons. The van der Waals surface area contributed by atoms with Gasteiger partial charge in [-0.2, -0.15) is 0 Å². The Hall–Kier alpha value is -3.39. The van der Waals surface area contributed by atoms with E-state index in [1.54, 1.807) is 0 Å². The van der Waals surface area contributed by atoms with E-state index in [2.05, 4.69) is 34.9 Å². The first-order valence-electron chi connectivity index (χ1n) is 12.1. The molecule has 0 spiro atoms. The quantitative estimate of drug-likeness (QED) is 0.510. The summed E-state index contributed by atoms with van der Waals surface area (Å²) >= 11 is 0. The fourth-order valence-corrected chi connectivity index (χ4v) is 5.93. The van der Waals surface area contributed by atoms with Gasteiger partial charge in [0.2, 0.25) is 5.91 Å². The average Bonchev–Trinajstić information content (AvgIpc) is 3.28. The summed E-state index contributed by atoms with van der Waals surface area (Å²) in [4.78, 5) is 36.4. The average molecular weight is 479 g/mol. The third kappa shape index (κ3) is 4.38. The third-order valence-corrected chi connectivity index (χ3v) is 7.78. The van der Waals surface area contributed by atoms with Crippen molar-refractivity contribution in [1.82, 2.24) is 10.6 Å². The molecule has 8 heteroatoms. The van der Waals surface area contributed by atoms with Gasteiger partial charge in [0.25, 0.3) is 0 Å². The van der Waals surface area contributed by atoms with Crippen LogP contribution in [0.15, 0.2) is 48.5 Å². The molecule has 5 rings (SSSR count). The van der Waals surface area contributed by atoms with Crippen LogP contribution >= 0.6 is 0 Å². The molecule has 2 aromatic carbocycles. The minimum absolute atomic E-state index is 0.00368. The minimum atomic E-state index is -1.04. The first-order valence-corrected chi connectivity index (χ1v) is 12.1. The molecule has 1 unspecified atom stereocenters. The van der Waals surface area contributed by atoms with Crippen molar-refractivity contribution in [2.24, 2.45) is 11.3 Å². The van der Waals surface area contributed by atoms with Crippen molar-refractivity contribution in [2.75, 3.05) is 20.3 Å². The van der Waals surface area contributed by atoms with Crippen LogP contribution in [-0.2, 0) is 19.1 Å². The Balaban J connectivity index is 1.12. The van der Waals surface area contributed by atoms with Gasteiger partial charge in [0.1, 0.15) is 6.61 Å². The zero-order valence-corrected chi connectivity index (χ0v) is 19.7. The predicted octanol–water partition coefficient (Wildman–Crippen LogP) is 3.30. The summed E-state index contributed by atoms with van der Waals surface area (Å²) in [6.45, 7) is 0.495. The van der Waals surface area contributed by atoms with Crippen molar-refractivity contribution in [1.29, 1.82) is 0 Å². The van der Waals surface area contributed by atoms with Gasteiger partial charge in [-0.25, -0.2) is 9.59 Å². The standard InChI is InChI=1S/C27H30N2O6/c1-34-23(24(30)31)10-11-28-25(32)27-13-16(27)12-17(14-27)29-26(33)35-15-22-20-8-4-2-6-18(20)19-7-3-5-9-21(19)22/h2-9,16-17,22-23H,10-15H2,1H3,(H,28,32)(H,29,33)(H,30,31)/t16-,17+,23?,27+/m0/s1. The number of carboxylic acids is 1. The van der Waals surface area contributed by atoms with Crippen LogP contribution in [0.4, 0.5) is 4.79 Å². The molecular weight excluding hydrogens is 448 g/mol. The Kier molecular flexibility index (Phi) is 6.23. The third-order valence-electron chi connectivity index (χ3n) is 7.78. The molecule has 8 nitrogen and oxygen atoms in total. The molecule has 0 heterocycles. The molecular formula is C27H30N2O6. The maximum atomic E-state index is 12.8. The molecule has 0 aliphatic heterocycles. The van der Waals surface area contributed by atoms with Crippen molar-refractivity contribution in [2.45, 2.75) is 43.7 Å². The van der Waals surface area contributed by atoms with E-state index < -0.39 is 23.6 Å². The highest BCUT2D eigenvalue weighted by Gasteiger charge is 2.65. The second-order valence-electron chi connectivity index (χ2n) is 9.77. The van der Waals surface area contributed by atoms with Crippen LogP contribution < -0.4 is 10.6 Å². The number of benzene rings is 2. The van der Waals surface area contributed by atoms with Crippen LogP contribution in [0.1, 0.15) is 42.7 Å². The van der Waals surface area contributed by atoms with Crippen molar-refractivity contribution in [3.63, 3.8) is 0 Å². The van der Waals surface area contributed by atoms with Gasteiger partial charge in [0, 0.05) is 32.0 Å². The van der Waals surface area contributed by atoms with Crippen LogP contribution in [0.5, 0.6) is 0 Å². The van der Waals surface area contributed by atoms with E-state index in [1.165, 1.54) is 18.2 Å². The predicted molar refractivity (Wildman–Crippen MR) is 128 cm³/mol. The molecule has 3 N–H and O–H groups in total. The smallest absolute Gasteiger partial charge is 0.407 e. The lowest BCUT2D eigenvalue weighted by molar-refractivity contribution is -0.149. The van der Waals surface area contributed by atoms with Gasteiger partial charge in [0.15, 0.2) is 6.10 Å². The summed E-state index contributed by atoms with van der Waals surface area (Å²) in [7, 11) is 1.34. The number of hydrogen-bond acceptors (Lipinski definition) is 5. The van der Waals surface area contributed by atoms with Gasteiger partial charge < -0.3 is 25.2 Å². The van der Waals surface area contributed by atoms with Gasteiger partial charge in [-0.05, 0) is 47.4 Å². The van der Waals surface area contributed by atoms with Gasteiger partial charge >= 0.3 is 12.1 Å². The number of aliphatic carboxylic acids is 1. The molecule has 0 aromatic heterocycles. The van der Waals surface area contributed by atoms with Crippen LogP contribution in [0.2, 0.25) is 0 Å². The number of alkyl carbamates (subject to hydrolysis) is 1. The van der Waals surface area contributed by atoms with Gasteiger partial charge in [0.05, 0.1) is 5.41 Å². The largest absolute Gasteiger partial charge is 0.479 e. The summed E-state index contributed by atoms with van der Waals surface area (Å²) in [6, 6.07) is 16.3. The number of ether oxygens (including phenoxy) is 2. The topological polar surface area (TPSA) is 114 Å². The SMILES string of the molecule is COC(CCNC(=O)[C@]12C[C@H](NC(=O)OCC3c4ccccc4-c4ccccc43)C[C@H]1C2)C(=O)O. The Bertz CT molecular complexity index is 1100. The van der Waals surface area contributed by atoms with E-state index in [-0.39, 0.29) is 43.4 Å². The zero-order valence-electron chi connectivity index (χ0n) is 19.7. The number of nitrogens with one attached hydrogen (secondary N) is 2. The van der Waals surface area contributed by atoms with E-state index in [0.717, 1.165) is 24.0 Å². The summed E-state index contributed by atoms with van der Waals surface area (Å²) in [5.74, 6) is -0.875. The molecule has 35 heavy (non-hydrogen) atoms. The Morgan fingerprint density at radius 2 is 1.71 bits per heavy atom. The number of carbonyl (C=O) groups is 3. The molecule has 3 aliphatic carbocycles. The van der Waals surface area contributed by atoms with Crippen LogP contribution in [0, 0.1) is 11.3 Å². The molecule has 2 amide bonds. The number of rotatable bonds is 9. The zero-order chi connectivity index (χ0) is 24.6. The van der Waals surface area contributed by atoms with Crippen LogP contribution in [-0.4, -0.2) is 55.5 Å². The van der Waals surface area contributed by atoms with E-state index in [0.29, 0.717) is 6.42 Å². The molecule has 0 saturated heterocycles. The van der Waals surface area contributed by atoms with Gasteiger partial charge in [-0.3, -0.25) is 4.79 Å². The first-order chi connectivity index (χ1) is 16.9. The maximum Gasteiger partial charge on any atom is 0.407 e.